The number of rotatable bonds is 6. The number of ether oxygens (including phenoxy) is 1. The molecule has 1 aliphatic carbocycles. The summed E-state index contributed by atoms with van der Waals surface area (Å²) in [5, 5.41) is 6.63. The number of aromatic nitrogens is 1. The van der Waals surface area contributed by atoms with Crippen molar-refractivity contribution in [1.29, 1.82) is 0 Å². The zero-order valence-electron chi connectivity index (χ0n) is 12.4. The minimum Gasteiger partial charge on any atom is -0.469 e. The highest BCUT2D eigenvalue weighted by atomic mass is 32.1. The SMILES string of the molecule is CCC1CCCCC1Nc1nc(CCC(=O)OC)cs1. The molecule has 0 spiro atoms. The van der Waals surface area contributed by atoms with Crippen molar-refractivity contribution in [3.8, 4) is 0 Å². The van der Waals surface area contributed by atoms with E-state index in [1.165, 1.54) is 39.2 Å². The summed E-state index contributed by atoms with van der Waals surface area (Å²) in [6.07, 6.45) is 7.55. The van der Waals surface area contributed by atoms with E-state index >= 15 is 0 Å². The van der Waals surface area contributed by atoms with Crippen LogP contribution in [0.25, 0.3) is 0 Å². The van der Waals surface area contributed by atoms with Crippen molar-refractivity contribution in [2.45, 2.75) is 57.9 Å². The maximum Gasteiger partial charge on any atom is 0.305 e. The van der Waals surface area contributed by atoms with Crippen LogP contribution >= 0.6 is 11.3 Å². The number of thiazole rings is 1. The van der Waals surface area contributed by atoms with E-state index in [9.17, 15) is 4.79 Å². The topological polar surface area (TPSA) is 51.2 Å². The number of methoxy groups -OCH3 is 1. The third kappa shape index (κ3) is 4.20. The second-order valence-electron chi connectivity index (χ2n) is 5.42. The molecular weight excluding hydrogens is 272 g/mol. The molecule has 1 aromatic heterocycles. The van der Waals surface area contributed by atoms with Crippen molar-refractivity contribution in [3.63, 3.8) is 0 Å². The van der Waals surface area contributed by atoms with Gasteiger partial charge in [-0.2, -0.15) is 0 Å². The van der Waals surface area contributed by atoms with E-state index in [2.05, 4.69) is 22.0 Å². The zero-order valence-corrected chi connectivity index (χ0v) is 13.2. The summed E-state index contributed by atoms with van der Waals surface area (Å²) in [7, 11) is 1.42. The number of hydrogen-bond donors (Lipinski definition) is 1. The first kappa shape index (κ1) is 15.3. The highest BCUT2D eigenvalue weighted by Crippen LogP contribution is 2.30. The predicted octanol–water partition coefficient (Wildman–Crippen LogP) is 3.63. The third-order valence-electron chi connectivity index (χ3n) is 4.11. The minimum absolute atomic E-state index is 0.175. The molecule has 0 saturated heterocycles. The number of aryl methyl sites for hydroxylation is 1. The number of hydrogen-bond acceptors (Lipinski definition) is 5. The van der Waals surface area contributed by atoms with Gasteiger partial charge < -0.3 is 10.1 Å². The number of carbonyl (C=O) groups is 1. The Morgan fingerprint density at radius 2 is 2.30 bits per heavy atom. The Balaban J connectivity index is 1.86. The van der Waals surface area contributed by atoms with Crippen LogP contribution in [0, 0.1) is 5.92 Å². The average Bonchev–Trinajstić information content (AvgIpc) is 2.93. The van der Waals surface area contributed by atoms with Gasteiger partial charge >= 0.3 is 5.97 Å². The lowest BCUT2D eigenvalue weighted by Gasteiger charge is -2.31. The minimum atomic E-state index is -0.175. The second-order valence-corrected chi connectivity index (χ2v) is 6.28. The fraction of sp³-hybridized carbons (Fsp3) is 0.733. The summed E-state index contributed by atoms with van der Waals surface area (Å²) in [6, 6.07) is 0.563. The lowest BCUT2D eigenvalue weighted by Crippen LogP contribution is -2.31. The maximum absolute atomic E-state index is 11.1. The molecule has 5 heteroatoms. The molecule has 0 radical (unpaired) electrons. The van der Waals surface area contributed by atoms with Crippen molar-refractivity contribution in [2.24, 2.45) is 5.92 Å². The third-order valence-corrected chi connectivity index (χ3v) is 4.93. The van der Waals surface area contributed by atoms with Gasteiger partial charge in [0.2, 0.25) is 0 Å². The second kappa shape index (κ2) is 7.62. The largest absolute Gasteiger partial charge is 0.469 e. The molecule has 112 valence electrons. The first-order valence-electron chi connectivity index (χ1n) is 7.50. The number of anilines is 1. The first-order chi connectivity index (χ1) is 9.72. The maximum atomic E-state index is 11.1. The highest BCUT2D eigenvalue weighted by Gasteiger charge is 2.24. The Labute approximate surface area is 124 Å². The van der Waals surface area contributed by atoms with Crippen LogP contribution in [0.2, 0.25) is 0 Å². The van der Waals surface area contributed by atoms with Crippen molar-refractivity contribution < 1.29 is 9.53 Å². The van der Waals surface area contributed by atoms with E-state index in [1.54, 1.807) is 11.3 Å². The molecule has 1 N–H and O–H groups in total. The van der Waals surface area contributed by atoms with Gasteiger partial charge in [0.25, 0.3) is 0 Å². The van der Waals surface area contributed by atoms with Crippen LogP contribution in [0.5, 0.6) is 0 Å². The number of nitrogens with one attached hydrogen (secondary N) is 1. The van der Waals surface area contributed by atoms with E-state index in [0.717, 1.165) is 16.7 Å². The van der Waals surface area contributed by atoms with Crippen LogP contribution in [0.1, 0.15) is 51.1 Å². The van der Waals surface area contributed by atoms with Gasteiger partial charge in [-0.15, -0.1) is 11.3 Å². The van der Waals surface area contributed by atoms with Crippen molar-refractivity contribution in [3.05, 3.63) is 11.1 Å². The Hall–Kier alpha value is -1.10. The summed E-state index contributed by atoms with van der Waals surface area (Å²) in [4.78, 5) is 15.7. The van der Waals surface area contributed by atoms with E-state index < -0.39 is 0 Å². The smallest absolute Gasteiger partial charge is 0.305 e. The Morgan fingerprint density at radius 1 is 1.50 bits per heavy atom. The molecule has 0 amide bonds. The van der Waals surface area contributed by atoms with Gasteiger partial charge in [0.05, 0.1) is 19.2 Å². The van der Waals surface area contributed by atoms with Crippen LogP contribution in [0.15, 0.2) is 5.38 Å². The summed E-state index contributed by atoms with van der Waals surface area (Å²) in [5.41, 5.74) is 0.978. The molecule has 2 rings (SSSR count). The van der Waals surface area contributed by atoms with E-state index in [-0.39, 0.29) is 5.97 Å². The lowest BCUT2D eigenvalue weighted by molar-refractivity contribution is -0.140. The van der Waals surface area contributed by atoms with Crippen LogP contribution in [-0.2, 0) is 16.0 Å². The molecule has 4 nitrogen and oxygen atoms in total. The van der Waals surface area contributed by atoms with E-state index in [4.69, 9.17) is 0 Å². The normalized spacial score (nSPS) is 22.5. The molecule has 0 aromatic carbocycles. The molecule has 1 fully saturated rings. The lowest BCUT2D eigenvalue weighted by atomic mass is 9.83. The highest BCUT2D eigenvalue weighted by molar-refractivity contribution is 7.13. The molecule has 0 bridgehead atoms. The number of nitrogens with zero attached hydrogens (tertiary/aromatic N) is 1. The Morgan fingerprint density at radius 3 is 3.05 bits per heavy atom. The molecule has 0 aliphatic heterocycles. The molecule has 1 aromatic rings. The summed E-state index contributed by atoms with van der Waals surface area (Å²) < 4.78 is 4.65. The number of carbonyl (C=O) groups excluding carboxylic acids is 1. The van der Waals surface area contributed by atoms with Crippen molar-refractivity contribution in [2.75, 3.05) is 12.4 Å². The fourth-order valence-corrected chi connectivity index (χ4v) is 3.67. The Bertz CT molecular complexity index is 433. The zero-order chi connectivity index (χ0) is 14.4. The summed E-state index contributed by atoms with van der Waals surface area (Å²) in [5.74, 6) is 0.594. The number of esters is 1. The van der Waals surface area contributed by atoms with Gasteiger partial charge in [0, 0.05) is 17.8 Å². The Kier molecular flexibility index (Phi) is 5.83. The van der Waals surface area contributed by atoms with Crippen molar-refractivity contribution >= 4 is 22.4 Å². The van der Waals surface area contributed by atoms with Gasteiger partial charge in [-0.1, -0.05) is 26.2 Å². The standard InChI is InChI=1S/C15H24N2O2S/c1-3-11-6-4-5-7-13(11)17-15-16-12(10-20-15)8-9-14(18)19-2/h10-11,13H,3-9H2,1-2H3,(H,16,17). The summed E-state index contributed by atoms with van der Waals surface area (Å²) >= 11 is 1.64. The quantitative estimate of drug-likeness (QED) is 0.814. The van der Waals surface area contributed by atoms with Crippen LogP contribution in [-0.4, -0.2) is 24.1 Å². The van der Waals surface area contributed by atoms with Crippen LogP contribution < -0.4 is 5.32 Å². The van der Waals surface area contributed by atoms with Gasteiger partial charge in [-0.05, 0) is 18.8 Å². The van der Waals surface area contributed by atoms with Crippen molar-refractivity contribution in [1.82, 2.24) is 4.98 Å². The monoisotopic (exact) mass is 296 g/mol. The van der Waals surface area contributed by atoms with Gasteiger partial charge in [0.15, 0.2) is 5.13 Å². The van der Waals surface area contributed by atoms with Gasteiger partial charge in [-0.3, -0.25) is 4.79 Å². The van der Waals surface area contributed by atoms with Gasteiger partial charge in [0.1, 0.15) is 0 Å². The van der Waals surface area contributed by atoms with E-state index in [0.29, 0.717) is 18.9 Å². The van der Waals surface area contributed by atoms with E-state index in [1.807, 2.05) is 5.38 Å². The molecule has 2 unspecified atom stereocenters. The molecule has 20 heavy (non-hydrogen) atoms. The molecular formula is C15H24N2O2S. The van der Waals surface area contributed by atoms with Gasteiger partial charge in [-0.25, -0.2) is 4.98 Å². The first-order valence-corrected chi connectivity index (χ1v) is 8.38. The molecule has 1 saturated carbocycles. The molecule has 1 heterocycles. The fourth-order valence-electron chi connectivity index (χ4n) is 2.87. The molecule has 2 atom stereocenters. The predicted molar refractivity (Wildman–Crippen MR) is 82.1 cm³/mol. The molecule has 1 aliphatic rings. The van der Waals surface area contributed by atoms with Crippen LogP contribution in [0.4, 0.5) is 5.13 Å². The summed E-state index contributed by atoms with van der Waals surface area (Å²) in [6.45, 7) is 2.27. The average molecular weight is 296 g/mol. The van der Waals surface area contributed by atoms with Crippen LogP contribution in [0.3, 0.4) is 0 Å².